The van der Waals surface area contributed by atoms with Gasteiger partial charge in [0.25, 0.3) is 0 Å². The standard InChI is InChI=1S/C15H15ClFN5OS/c1-2-24-15-20-12-9-11(19-13(16)10(12)17)8(23)5-7-6-18-3-4-22(7)14(9)21-15/h7,18H,2-6H2,1H3. The molecule has 0 spiro atoms. The molecular formula is C15H15ClFN5OS. The van der Waals surface area contributed by atoms with Crippen molar-refractivity contribution in [2.24, 2.45) is 0 Å². The van der Waals surface area contributed by atoms with Gasteiger partial charge in [0.1, 0.15) is 17.0 Å². The number of piperazine rings is 1. The third kappa shape index (κ3) is 2.44. The maximum absolute atomic E-state index is 14.6. The lowest BCUT2D eigenvalue weighted by Crippen LogP contribution is -2.52. The minimum atomic E-state index is -0.696. The first kappa shape index (κ1) is 16.0. The molecule has 9 heteroatoms. The number of rotatable bonds is 2. The molecule has 1 atom stereocenters. The fourth-order valence-corrected chi connectivity index (χ4v) is 3.98. The lowest BCUT2D eigenvalue weighted by Gasteiger charge is -2.36. The van der Waals surface area contributed by atoms with Crippen molar-refractivity contribution in [1.82, 2.24) is 20.3 Å². The lowest BCUT2D eigenvalue weighted by molar-refractivity contribution is 0.0969. The molecule has 0 aromatic carbocycles. The molecule has 2 aliphatic rings. The first-order chi connectivity index (χ1) is 11.6. The maximum atomic E-state index is 14.6. The van der Waals surface area contributed by atoms with Crippen LogP contribution in [0.3, 0.4) is 0 Å². The number of ketones is 1. The number of carbonyl (C=O) groups is 1. The van der Waals surface area contributed by atoms with Crippen molar-refractivity contribution in [3.8, 4) is 0 Å². The van der Waals surface area contributed by atoms with Crippen molar-refractivity contribution in [3.63, 3.8) is 0 Å². The summed E-state index contributed by atoms with van der Waals surface area (Å²) in [6.45, 7) is 4.14. The van der Waals surface area contributed by atoms with Gasteiger partial charge in [-0.15, -0.1) is 0 Å². The van der Waals surface area contributed by atoms with Gasteiger partial charge in [0.05, 0.1) is 11.4 Å². The molecule has 0 bridgehead atoms. The van der Waals surface area contributed by atoms with Crippen molar-refractivity contribution >= 4 is 45.9 Å². The zero-order valence-electron chi connectivity index (χ0n) is 13.0. The van der Waals surface area contributed by atoms with Crippen LogP contribution in [0.5, 0.6) is 0 Å². The van der Waals surface area contributed by atoms with Gasteiger partial charge in [-0.05, 0) is 5.75 Å². The van der Waals surface area contributed by atoms with Crippen LogP contribution in [0.15, 0.2) is 5.16 Å². The van der Waals surface area contributed by atoms with Crippen LogP contribution in [0.25, 0.3) is 10.9 Å². The molecular weight excluding hydrogens is 353 g/mol. The molecule has 126 valence electrons. The Bertz CT molecular complexity index is 848. The molecule has 1 unspecified atom stereocenters. The van der Waals surface area contributed by atoms with Crippen molar-refractivity contribution in [1.29, 1.82) is 0 Å². The average Bonchev–Trinajstić information content (AvgIpc) is 2.69. The van der Waals surface area contributed by atoms with Gasteiger partial charge in [0, 0.05) is 26.1 Å². The molecule has 2 aliphatic heterocycles. The molecule has 2 aromatic heterocycles. The number of nitrogens with zero attached hydrogens (tertiary/aromatic N) is 4. The summed E-state index contributed by atoms with van der Waals surface area (Å²) in [5.74, 6) is 0.505. The summed E-state index contributed by atoms with van der Waals surface area (Å²) in [7, 11) is 0. The fraction of sp³-hybridized carbons (Fsp3) is 0.467. The van der Waals surface area contributed by atoms with Crippen LogP contribution in [-0.2, 0) is 0 Å². The smallest absolute Gasteiger partial charge is 0.190 e. The predicted octanol–water partition coefficient (Wildman–Crippen LogP) is 2.29. The second kappa shape index (κ2) is 6.09. The molecule has 0 aliphatic carbocycles. The van der Waals surface area contributed by atoms with E-state index in [1.165, 1.54) is 11.8 Å². The highest BCUT2D eigenvalue weighted by Gasteiger charge is 2.35. The van der Waals surface area contributed by atoms with E-state index in [2.05, 4.69) is 25.2 Å². The van der Waals surface area contributed by atoms with Crippen molar-refractivity contribution in [2.75, 3.05) is 30.3 Å². The average molecular weight is 368 g/mol. The molecule has 1 saturated heterocycles. The molecule has 6 nitrogen and oxygen atoms in total. The largest absolute Gasteiger partial charge is 0.350 e. The Labute approximate surface area is 147 Å². The Morgan fingerprint density at radius 3 is 3.04 bits per heavy atom. The third-order valence-electron chi connectivity index (χ3n) is 4.29. The van der Waals surface area contributed by atoms with Gasteiger partial charge >= 0.3 is 0 Å². The van der Waals surface area contributed by atoms with Crippen LogP contribution in [0.2, 0.25) is 5.15 Å². The molecule has 1 N–H and O–H groups in total. The first-order valence-electron chi connectivity index (χ1n) is 7.80. The zero-order valence-corrected chi connectivity index (χ0v) is 14.5. The van der Waals surface area contributed by atoms with E-state index in [1.807, 2.05) is 6.92 Å². The minimum Gasteiger partial charge on any atom is -0.350 e. The van der Waals surface area contributed by atoms with Crippen molar-refractivity contribution in [2.45, 2.75) is 24.5 Å². The summed E-state index contributed by atoms with van der Waals surface area (Å²) in [6, 6.07) is -0.0279. The normalized spacial score (nSPS) is 20.2. The Morgan fingerprint density at radius 2 is 2.25 bits per heavy atom. The van der Waals surface area contributed by atoms with Gasteiger partial charge in [0.2, 0.25) is 0 Å². The summed E-state index contributed by atoms with van der Waals surface area (Å²) in [5, 5.41) is 3.84. The number of aromatic nitrogens is 3. The monoisotopic (exact) mass is 367 g/mol. The summed E-state index contributed by atoms with van der Waals surface area (Å²) in [6.07, 6.45) is 0.295. The summed E-state index contributed by atoms with van der Waals surface area (Å²) < 4.78 is 14.6. The van der Waals surface area contributed by atoms with Crippen LogP contribution >= 0.6 is 23.4 Å². The van der Waals surface area contributed by atoms with Crippen LogP contribution in [0.1, 0.15) is 23.8 Å². The molecule has 4 heterocycles. The number of anilines is 1. The van der Waals surface area contributed by atoms with Crippen molar-refractivity contribution in [3.05, 3.63) is 16.7 Å². The second-order valence-electron chi connectivity index (χ2n) is 5.73. The number of halogens is 2. The van der Waals surface area contributed by atoms with E-state index in [1.54, 1.807) is 0 Å². The first-order valence-corrected chi connectivity index (χ1v) is 9.16. The van der Waals surface area contributed by atoms with Gasteiger partial charge in [-0.25, -0.2) is 19.3 Å². The van der Waals surface area contributed by atoms with Gasteiger partial charge in [-0.2, -0.15) is 0 Å². The van der Waals surface area contributed by atoms with E-state index in [9.17, 15) is 9.18 Å². The number of nitrogens with one attached hydrogen (secondary N) is 1. The molecule has 2 aromatic rings. The summed E-state index contributed by atoms with van der Waals surface area (Å²) in [4.78, 5) is 27.7. The van der Waals surface area contributed by atoms with Gasteiger partial charge in [0.15, 0.2) is 21.9 Å². The van der Waals surface area contributed by atoms with Gasteiger partial charge < -0.3 is 10.2 Å². The summed E-state index contributed by atoms with van der Waals surface area (Å²) >= 11 is 7.35. The highest BCUT2D eigenvalue weighted by molar-refractivity contribution is 7.99. The van der Waals surface area contributed by atoms with Crippen LogP contribution < -0.4 is 10.2 Å². The molecule has 0 radical (unpaired) electrons. The maximum Gasteiger partial charge on any atom is 0.190 e. The van der Waals surface area contributed by atoms with E-state index in [4.69, 9.17) is 11.6 Å². The number of fused-ring (bicyclic) bond motifs is 2. The van der Waals surface area contributed by atoms with E-state index in [0.717, 1.165) is 12.3 Å². The Kier molecular flexibility index (Phi) is 4.06. The van der Waals surface area contributed by atoms with Crippen molar-refractivity contribution < 1.29 is 9.18 Å². The molecule has 1 fully saturated rings. The topological polar surface area (TPSA) is 71.0 Å². The number of pyridine rings is 1. The van der Waals surface area contributed by atoms with Crippen LogP contribution in [0.4, 0.5) is 10.2 Å². The van der Waals surface area contributed by atoms with Gasteiger partial charge in [-0.1, -0.05) is 30.3 Å². The number of thioether (sulfide) groups is 1. The second-order valence-corrected chi connectivity index (χ2v) is 7.32. The molecule has 4 rings (SSSR count). The zero-order chi connectivity index (χ0) is 16.8. The van der Waals surface area contributed by atoms with E-state index in [-0.39, 0.29) is 28.2 Å². The van der Waals surface area contributed by atoms with Crippen LogP contribution in [-0.4, -0.2) is 52.2 Å². The van der Waals surface area contributed by atoms with Crippen LogP contribution in [0, 0.1) is 5.82 Å². The number of hydrogen-bond donors (Lipinski definition) is 1. The number of carbonyl (C=O) groups excluding carboxylic acids is 1. The number of Topliss-reactive ketones (excluding diaryl/α,β-unsaturated/α-hetero) is 1. The van der Waals surface area contributed by atoms with E-state index < -0.39 is 5.82 Å². The minimum absolute atomic E-state index is 0.0279. The fourth-order valence-electron chi connectivity index (χ4n) is 3.24. The highest BCUT2D eigenvalue weighted by Crippen LogP contribution is 2.37. The Hall–Kier alpha value is -1.51. The van der Waals surface area contributed by atoms with E-state index >= 15 is 0 Å². The quantitative estimate of drug-likeness (QED) is 0.496. The predicted molar refractivity (Wildman–Crippen MR) is 91.7 cm³/mol. The third-order valence-corrected chi connectivity index (χ3v) is 5.27. The Balaban J connectivity index is 2.06. The number of hydrogen-bond acceptors (Lipinski definition) is 7. The molecule has 0 saturated carbocycles. The SMILES string of the molecule is CCSc1nc2c3c(nc(Cl)c(F)c3n1)C(=O)CC1CNCCN21. The van der Waals surface area contributed by atoms with Gasteiger partial charge in [-0.3, -0.25) is 4.79 Å². The molecule has 24 heavy (non-hydrogen) atoms. The summed E-state index contributed by atoms with van der Waals surface area (Å²) in [5.41, 5.74) is 0.257. The lowest BCUT2D eigenvalue weighted by atomic mass is 10.1. The molecule has 0 amide bonds. The van der Waals surface area contributed by atoms with E-state index in [0.29, 0.717) is 35.9 Å². The Morgan fingerprint density at radius 1 is 1.42 bits per heavy atom. The highest BCUT2D eigenvalue weighted by atomic mass is 35.5.